The molecule has 4 nitrogen and oxygen atoms in total. The molecule has 0 amide bonds. The molecule has 0 atom stereocenters. The van der Waals surface area contributed by atoms with E-state index >= 15 is 0 Å². The van der Waals surface area contributed by atoms with Crippen LogP contribution in [0, 0.1) is 0 Å². The van der Waals surface area contributed by atoms with Gasteiger partial charge in [0.25, 0.3) is 0 Å². The zero-order valence-corrected chi connectivity index (χ0v) is 14.9. The summed E-state index contributed by atoms with van der Waals surface area (Å²) >= 11 is 1.30. The highest BCUT2D eigenvalue weighted by Crippen LogP contribution is 2.37. The Kier molecular flexibility index (Phi) is 4.14. The van der Waals surface area contributed by atoms with Gasteiger partial charge in [-0.15, -0.1) is 11.3 Å². The van der Waals surface area contributed by atoms with Gasteiger partial charge in [0, 0.05) is 17.1 Å². The second-order valence-corrected chi connectivity index (χ2v) is 6.90. The predicted molar refractivity (Wildman–Crippen MR) is 106 cm³/mol. The number of esters is 1. The van der Waals surface area contributed by atoms with Crippen LogP contribution in [0.25, 0.3) is 32.3 Å². The summed E-state index contributed by atoms with van der Waals surface area (Å²) in [5.41, 5.74) is 10.3. The second-order valence-electron chi connectivity index (χ2n) is 5.85. The maximum Gasteiger partial charge on any atom is 0.348 e. The lowest BCUT2D eigenvalue weighted by Gasteiger charge is -2.08. The summed E-state index contributed by atoms with van der Waals surface area (Å²) in [5, 5.41) is 0.910. The summed E-state index contributed by atoms with van der Waals surface area (Å²) in [4.78, 5) is 16.7. The van der Waals surface area contributed by atoms with E-state index in [0.29, 0.717) is 10.7 Å². The normalized spacial score (nSPS) is 10.8. The van der Waals surface area contributed by atoms with Crippen LogP contribution in [-0.2, 0) is 4.74 Å². The van der Waals surface area contributed by atoms with E-state index in [4.69, 9.17) is 10.5 Å². The molecule has 0 saturated carbocycles. The predicted octanol–water partition coefficient (Wildman–Crippen LogP) is 5.00. The molecule has 0 saturated heterocycles. The highest BCUT2D eigenvalue weighted by Gasteiger charge is 2.16. The molecule has 0 aliphatic rings. The zero-order valence-electron chi connectivity index (χ0n) is 14.1. The van der Waals surface area contributed by atoms with E-state index in [9.17, 15) is 4.79 Å². The molecule has 0 unspecified atom stereocenters. The van der Waals surface area contributed by atoms with E-state index in [1.165, 1.54) is 18.4 Å². The van der Waals surface area contributed by atoms with Gasteiger partial charge in [0.05, 0.1) is 11.8 Å². The topological polar surface area (TPSA) is 65.2 Å². The van der Waals surface area contributed by atoms with Gasteiger partial charge >= 0.3 is 5.97 Å². The van der Waals surface area contributed by atoms with Crippen LogP contribution in [-0.4, -0.2) is 18.1 Å². The number of thiophene rings is 1. The number of rotatable bonds is 3. The van der Waals surface area contributed by atoms with Gasteiger partial charge in [-0.05, 0) is 28.8 Å². The molecule has 0 bridgehead atoms. The van der Waals surface area contributed by atoms with E-state index in [1.807, 2.05) is 36.4 Å². The van der Waals surface area contributed by atoms with Crippen molar-refractivity contribution in [1.29, 1.82) is 0 Å². The SMILES string of the molecule is COC(=O)c1cc2c(-c3cccc(-c4ccccc4)c3)cnc(N)c2s1. The smallest absolute Gasteiger partial charge is 0.348 e. The number of hydrogen-bond acceptors (Lipinski definition) is 5. The van der Waals surface area contributed by atoms with Gasteiger partial charge in [0.2, 0.25) is 0 Å². The summed E-state index contributed by atoms with van der Waals surface area (Å²) in [7, 11) is 1.37. The van der Waals surface area contributed by atoms with Gasteiger partial charge in [-0.2, -0.15) is 0 Å². The lowest BCUT2D eigenvalue weighted by Crippen LogP contribution is -1.96. The minimum atomic E-state index is -0.366. The number of aromatic nitrogens is 1. The molecule has 5 heteroatoms. The Hall–Kier alpha value is -3.18. The molecule has 4 rings (SSSR count). The molecule has 0 spiro atoms. The van der Waals surface area contributed by atoms with Crippen LogP contribution in [0.5, 0.6) is 0 Å². The molecule has 0 radical (unpaired) electrons. The molecule has 2 N–H and O–H groups in total. The third-order valence-corrected chi connectivity index (χ3v) is 5.39. The fourth-order valence-corrected chi connectivity index (χ4v) is 3.97. The van der Waals surface area contributed by atoms with Crippen molar-refractivity contribution in [3.05, 3.63) is 71.7 Å². The van der Waals surface area contributed by atoms with Gasteiger partial charge in [-0.25, -0.2) is 9.78 Å². The number of nitrogens with zero attached hydrogens (tertiary/aromatic N) is 1. The first-order valence-corrected chi connectivity index (χ1v) is 8.91. The van der Waals surface area contributed by atoms with Gasteiger partial charge < -0.3 is 10.5 Å². The quantitative estimate of drug-likeness (QED) is 0.522. The van der Waals surface area contributed by atoms with Crippen molar-refractivity contribution in [2.24, 2.45) is 0 Å². The van der Waals surface area contributed by atoms with Crippen LogP contribution in [0.3, 0.4) is 0 Å². The Morgan fingerprint density at radius 2 is 1.73 bits per heavy atom. The number of benzene rings is 2. The third-order valence-electron chi connectivity index (χ3n) is 4.25. The monoisotopic (exact) mass is 360 g/mol. The van der Waals surface area contributed by atoms with Gasteiger partial charge in [-0.3, -0.25) is 0 Å². The molecule has 2 aromatic heterocycles. The van der Waals surface area contributed by atoms with Crippen molar-refractivity contribution in [3.8, 4) is 22.3 Å². The van der Waals surface area contributed by atoms with Crippen LogP contribution in [0.2, 0.25) is 0 Å². The number of nitrogens with two attached hydrogens (primary N) is 1. The number of pyridine rings is 1. The molecular weight excluding hydrogens is 344 g/mol. The van der Waals surface area contributed by atoms with Crippen molar-refractivity contribution < 1.29 is 9.53 Å². The Balaban J connectivity index is 1.88. The fraction of sp³-hybridized carbons (Fsp3) is 0.0476. The lowest BCUT2D eigenvalue weighted by atomic mass is 9.98. The minimum absolute atomic E-state index is 0.366. The van der Waals surface area contributed by atoms with Crippen molar-refractivity contribution in [1.82, 2.24) is 4.98 Å². The summed E-state index contributed by atoms with van der Waals surface area (Å²) in [6.45, 7) is 0. The summed E-state index contributed by atoms with van der Waals surface area (Å²) in [5.74, 6) is 0.0534. The molecule has 2 aromatic carbocycles. The average Bonchev–Trinajstić information content (AvgIpc) is 3.15. The van der Waals surface area contributed by atoms with E-state index in [0.717, 1.165) is 32.3 Å². The molecule has 4 aromatic rings. The van der Waals surface area contributed by atoms with Gasteiger partial charge in [-0.1, -0.05) is 48.5 Å². The largest absolute Gasteiger partial charge is 0.465 e. The van der Waals surface area contributed by atoms with E-state index in [1.54, 1.807) is 6.20 Å². The first kappa shape index (κ1) is 16.3. The molecule has 2 heterocycles. The molecule has 0 fully saturated rings. The summed E-state index contributed by atoms with van der Waals surface area (Å²) in [6, 6.07) is 20.3. The number of ether oxygens (including phenoxy) is 1. The molecule has 26 heavy (non-hydrogen) atoms. The molecule has 128 valence electrons. The third kappa shape index (κ3) is 2.82. The Morgan fingerprint density at radius 1 is 1.00 bits per heavy atom. The first-order valence-electron chi connectivity index (χ1n) is 8.09. The number of methoxy groups -OCH3 is 1. The number of nitrogen functional groups attached to an aromatic ring is 1. The number of hydrogen-bond donors (Lipinski definition) is 1. The van der Waals surface area contributed by atoms with Gasteiger partial charge in [0.1, 0.15) is 10.7 Å². The molecule has 0 aliphatic carbocycles. The standard InChI is InChI=1S/C21H16N2O2S/c1-25-21(24)18-11-16-17(12-23-20(22)19(16)26-18)15-9-5-8-14(10-15)13-6-3-2-4-7-13/h2-12H,1H3,(H2,22,23). The van der Waals surface area contributed by atoms with Crippen LogP contribution < -0.4 is 5.73 Å². The number of carbonyl (C=O) groups excluding carboxylic acids is 1. The van der Waals surface area contributed by atoms with Crippen LogP contribution >= 0.6 is 11.3 Å². The van der Waals surface area contributed by atoms with Crippen molar-refractivity contribution in [2.75, 3.05) is 12.8 Å². The second kappa shape index (κ2) is 6.61. The van der Waals surface area contributed by atoms with E-state index in [2.05, 4.69) is 29.2 Å². The van der Waals surface area contributed by atoms with Crippen molar-refractivity contribution in [3.63, 3.8) is 0 Å². The van der Waals surface area contributed by atoms with Crippen molar-refractivity contribution in [2.45, 2.75) is 0 Å². The Bertz CT molecular complexity index is 1100. The van der Waals surface area contributed by atoms with Crippen LogP contribution in [0.15, 0.2) is 66.9 Å². The summed E-state index contributed by atoms with van der Waals surface area (Å²) in [6.07, 6.45) is 1.76. The maximum absolute atomic E-state index is 11.9. The highest BCUT2D eigenvalue weighted by atomic mass is 32.1. The first-order chi connectivity index (χ1) is 12.7. The van der Waals surface area contributed by atoms with Crippen LogP contribution in [0.4, 0.5) is 5.82 Å². The average molecular weight is 360 g/mol. The highest BCUT2D eigenvalue weighted by molar-refractivity contribution is 7.21. The van der Waals surface area contributed by atoms with Crippen molar-refractivity contribution >= 4 is 33.2 Å². The number of anilines is 1. The van der Waals surface area contributed by atoms with E-state index < -0.39 is 0 Å². The maximum atomic E-state index is 11.9. The Morgan fingerprint density at radius 3 is 2.50 bits per heavy atom. The molecular formula is C21H16N2O2S. The lowest BCUT2D eigenvalue weighted by molar-refractivity contribution is 0.0606. The van der Waals surface area contributed by atoms with E-state index in [-0.39, 0.29) is 5.97 Å². The van der Waals surface area contributed by atoms with Gasteiger partial charge in [0.15, 0.2) is 0 Å². The fourth-order valence-electron chi connectivity index (χ4n) is 2.97. The number of carbonyl (C=O) groups is 1. The van der Waals surface area contributed by atoms with Crippen LogP contribution in [0.1, 0.15) is 9.67 Å². The molecule has 0 aliphatic heterocycles. The minimum Gasteiger partial charge on any atom is -0.465 e. The zero-order chi connectivity index (χ0) is 18.1. The Labute approximate surface area is 154 Å². The number of fused-ring (bicyclic) bond motifs is 1. The summed E-state index contributed by atoms with van der Waals surface area (Å²) < 4.78 is 5.64.